The Balaban J connectivity index is 2.10. The van der Waals surface area contributed by atoms with E-state index in [4.69, 9.17) is 15.2 Å². The van der Waals surface area contributed by atoms with Crippen LogP contribution in [0.4, 0.5) is 5.69 Å². The second-order valence-corrected chi connectivity index (χ2v) is 5.14. The van der Waals surface area contributed by atoms with E-state index < -0.39 is 0 Å². The zero-order valence-corrected chi connectivity index (χ0v) is 12.5. The summed E-state index contributed by atoms with van der Waals surface area (Å²) in [6.07, 6.45) is 0. The summed E-state index contributed by atoms with van der Waals surface area (Å²) in [6.45, 7) is 2.49. The van der Waals surface area contributed by atoms with Gasteiger partial charge in [-0.1, -0.05) is 12.1 Å². The van der Waals surface area contributed by atoms with Gasteiger partial charge in [0.15, 0.2) is 0 Å². The second-order valence-electron chi connectivity index (χ2n) is 4.28. The van der Waals surface area contributed by atoms with E-state index in [-0.39, 0.29) is 0 Å². The Labute approximate surface area is 121 Å². The molecule has 2 rings (SSSR count). The van der Waals surface area contributed by atoms with Crippen molar-refractivity contribution in [2.75, 3.05) is 12.8 Å². The molecule has 0 aliphatic carbocycles. The lowest BCUT2D eigenvalue weighted by Gasteiger charge is -2.11. The number of nitrogens with two attached hydrogens (primary N) is 1. The van der Waals surface area contributed by atoms with E-state index in [9.17, 15) is 0 Å². The normalized spacial score (nSPS) is 10.3. The van der Waals surface area contributed by atoms with Gasteiger partial charge in [0.2, 0.25) is 0 Å². The number of hydrogen-bond acceptors (Lipinski definition) is 3. The first kappa shape index (κ1) is 13.7. The van der Waals surface area contributed by atoms with Crippen molar-refractivity contribution in [3.8, 4) is 11.5 Å². The molecule has 0 atom stereocenters. The van der Waals surface area contributed by atoms with Gasteiger partial charge in [0.25, 0.3) is 0 Å². The molecule has 2 N–H and O–H groups in total. The SMILES string of the molecule is COc1ccc(COc2cc(N)ccc2C)cc1Br. The number of aryl methyl sites for hydroxylation is 1. The highest BCUT2D eigenvalue weighted by molar-refractivity contribution is 9.10. The van der Waals surface area contributed by atoms with Crippen LogP contribution in [0.5, 0.6) is 11.5 Å². The summed E-state index contributed by atoms with van der Waals surface area (Å²) < 4.78 is 11.9. The third kappa shape index (κ3) is 3.41. The van der Waals surface area contributed by atoms with Gasteiger partial charge in [-0.15, -0.1) is 0 Å². The summed E-state index contributed by atoms with van der Waals surface area (Å²) >= 11 is 3.46. The summed E-state index contributed by atoms with van der Waals surface area (Å²) in [5, 5.41) is 0. The van der Waals surface area contributed by atoms with Gasteiger partial charge in [0.1, 0.15) is 18.1 Å². The van der Waals surface area contributed by atoms with Gasteiger partial charge >= 0.3 is 0 Å². The van der Waals surface area contributed by atoms with E-state index in [1.54, 1.807) is 7.11 Å². The van der Waals surface area contributed by atoms with Crippen LogP contribution in [0.1, 0.15) is 11.1 Å². The average molecular weight is 322 g/mol. The van der Waals surface area contributed by atoms with Gasteiger partial charge in [0, 0.05) is 11.8 Å². The average Bonchev–Trinajstić information content (AvgIpc) is 2.40. The Bertz CT molecular complexity index is 584. The molecule has 0 saturated carbocycles. The van der Waals surface area contributed by atoms with Crippen LogP contribution in [-0.2, 0) is 6.61 Å². The standard InChI is InChI=1S/C15H16BrNO2/c1-10-3-5-12(17)8-15(10)19-9-11-4-6-14(18-2)13(16)7-11/h3-8H,9,17H2,1-2H3. The predicted octanol–water partition coefficient (Wildman–Crippen LogP) is 3.93. The summed E-state index contributed by atoms with van der Waals surface area (Å²) in [4.78, 5) is 0. The molecule has 19 heavy (non-hydrogen) atoms. The van der Waals surface area contributed by atoms with E-state index in [1.807, 2.05) is 43.3 Å². The lowest BCUT2D eigenvalue weighted by Crippen LogP contribution is -1.98. The van der Waals surface area contributed by atoms with Crippen LogP contribution in [0.2, 0.25) is 0 Å². The highest BCUT2D eigenvalue weighted by Gasteiger charge is 2.04. The van der Waals surface area contributed by atoms with E-state index in [0.717, 1.165) is 27.1 Å². The molecular formula is C15H16BrNO2. The number of nitrogen functional groups attached to an aromatic ring is 1. The van der Waals surface area contributed by atoms with Crippen LogP contribution in [0.3, 0.4) is 0 Å². The zero-order valence-electron chi connectivity index (χ0n) is 10.9. The quantitative estimate of drug-likeness (QED) is 0.868. The lowest BCUT2D eigenvalue weighted by molar-refractivity contribution is 0.304. The Morgan fingerprint density at radius 1 is 1.11 bits per heavy atom. The smallest absolute Gasteiger partial charge is 0.133 e. The van der Waals surface area contributed by atoms with E-state index in [1.165, 1.54) is 0 Å². The van der Waals surface area contributed by atoms with Crippen molar-refractivity contribution >= 4 is 21.6 Å². The summed E-state index contributed by atoms with van der Waals surface area (Å²) in [7, 11) is 1.65. The van der Waals surface area contributed by atoms with Gasteiger partial charge < -0.3 is 15.2 Å². The number of anilines is 1. The Hall–Kier alpha value is -1.68. The third-order valence-electron chi connectivity index (χ3n) is 2.82. The lowest BCUT2D eigenvalue weighted by atomic mass is 10.2. The fourth-order valence-electron chi connectivity index (χ4n) is 1.73. The molecule has 0 aromatic heterocycles. The van der Waals surface area contributed by atoms with Crippen molar-refractivity contribution in [3.63, 3.8) is 0 Å². The molecule has 0 aliphatic rings. The van der Waals surface area contributed by atoms with Crippen molar-refractivity contribution in [3.05, 3.63) is 52.0 Å². The molecule has 0 heterocycles. The van der Waals surface area contributed by atoms with Gasteiger partial charge in [0.05, 0.1) is 11.6 Å². The van der Waals surface area contributed by atoms with Crippen molar-refractivity contribution < 1.29 is 9.47 Å². The van der Waals surface area contributed by atoms with Gasteiger partial charge in [-0.05, 0) is 52.2 Å². The van der Waals surface area contributed by atoms with E-state index >= 15 is 0 Å². The van der Waals surface area contributed by atoms with E-state index in [2.05, 4.69) is 15.9 Å². The molecular weight excluding hydrogens is 306 g/mol. The Morgan fingerprint density at radius 3 is 2.58 bits per heavy atom. The van der Waals surface area contributed by atoms with Crippen LogP contribution in [0.15, 0.2) is 40.9 Å². The van der Waals surface area contributed by atoms with Crippen molar-refractivity contribution in [1.82, 2.24) is 0 Å². The van der Waals surface area contributed by atoms with Crippen molar-refractivity contribution in [2.45, 2.75) is 13.5 Å². The Kier molecular flexibility index (Phi) is 4.32. The molecule has 100 valence electrons. The number of benzene rings is 2. The molecule has 2 aromatic rings. The van der Waals surface area contributed by atoms with Crippen LogP contribution in [0.25, 0.3) is 0 Å². The monoisotopic (exact) mass is 321 g/mol. The molecule has 2 aromatic carbocycles. The molecule has 0 bridgehead atoms. The first-order valence-corrected chi connectivity index (χ1v) is 6.71. The van der Waals surface area contributed by atoms with Crippen LogP contribution in [0, 0.1) is 6.92 Å². The minimum Gasteiger partial charge on any atom is -0.496 e. The fourth-order valence-corrected chi connectivity index (χ4v) is 2.32. The molecule has 4 heteroatoms. The maximum absolute atomic E-state index is 5.79. The molecule has 3 nitrogen and oxygen atoms in total. The first-order valence-electron chi connectivity index (χ1n) is 5.91. The van der Waals surface area contributed by atoms with Gasteiger partial charge in [-0.25, -0.2) is 0 Å². The first-order chi connectivity index (χ1) is 9.10. The summed E-state index contributed by atoms with van der Waals surface area (Å²) in [5.74, 6) is 1.62. The van der Waals surface area contributed by atoms with E-state index in [0.29, 0.717) is 12.3 Å². The van der Waals surface area contributed by atoms with Crippen LogP contribution >= 0.6 is 15.9 Å². The molecule has 0 spiro atoms. The molecule has 0 amide bonds. The Morgan fingerprint density at radius 2 is 1.89 bits per heavy atom. The van der Waals surface area contributed by atoms with Crippen LogP contribution < -0.4 is 15.2 Å². The number of halogens is 1. The number of hydrogen-bond donors (Lipinski definition) is 1. The number of ether oxygens (including phenoxy) is 2. The molecule has 0 radical (unpaired) electrons. The molecule has 0 aliphatic heterocycles. The van der Waals surface area contributed by atoms with Gasteiger partial charge in [-0.3, -0.25) is 0 Å². The predicted molar refractivity (Wildman–Crippen MR) is 80.6 cm³/mol. The van der Waals surface area contributed by atoms with Crippen molar-refractivity contribution in [2.24, 2.45) is 0 Å². The second kappa shape index (κ2) is 5.97. The topological polar surface area (TPSA) is 44.5 Å². The summed E-state index contributed by atoms with van der Waals surface area (Å²) in [6, 6.07) is 11.5. The largest absolute Gasteiger partial charge is 0.496 e. The van der Waals surface area contributed by atoms with Crippen LogP contribution in [-0.4, -0.2) is 7.11 Å². The summed E-state index contributed by atoms with van der Waals surface area (Å²) in [5.41, 5.74) is 8.59. The maximum Gasteiger partial charge on any atom is 0.133 e. The van der Waals surface area contributed by atoms with Gasteiger partial charge in [-0.2, -0.15) is 0 Å². The molecule has 0 saturated heterocycles. The highest BCUT2D eigenvalue weighted by atomic mass is 79.9. The third-order valence-corrected chi connectivity index (χ3v) is 3.44. The fraction of sp³-hybridized carbons (Fsp3) is 0.200. The minimum absolute atomic E-state index is 0.493. The molecule has 0 unspecified atom stereocenters. The maximum atomic E-state index is 5.79. The zero-order chi connectivity index (χ0) is 13.8. The molecule has 0 fully saturated rings. The highest BCUT2D eigenvalue weighted by Crippen LogP contribution is 2.27. The number of rotatable bonds is 4. The number of methoxy groups -OCH3 is 1. The van der Waals surface area contributed by atoms with Crippen molar-refractivity contribution in [1.29, 1.82) is 0 Å². The minimum atomic E-state index is 0.493.